The molecule has 8 nitrogen and oxygen atoms in total. The summed E-state index contributed by atoms with van der Waals surface area (Å²) in [5.41, 5.74) is 0.178. The molecule has 1 amide bonds. The first-order valence-corrected chi connectivity index (χ1v) is 12.9. The molecule has 2 atom stereocenters. The van der Waals surface area contributed by atoms with E-state index in [1.54, 1.807) is 51.1 Å². The van der Waals surface area contributed by atoms with E-state index in [2.05, 4.69) is 4.98 Å². The molecule has 4 rings (SSSR count). The fourth-order valence-corrected chi connectivity index (χ4v) is 4.48. The molecule has 0 spiro atoms. The van der Waals surface area contributed by atoms with E-state index in [9.17, 15) is 17.6 Å². The fourth-order valence-electron chi connectivity index (χ4n) is 3.82. The number of pyridine rings is 1. The van der Waals surface area contributed by atoms with Gasteiger partial charge in [0, 0.05) is 30.8 Å². The molecule has 0 aliphatic carbocycles. The number of carbonyl (C=O) groups excluding carboxylic acids is 1. The number of piperidine rings is 1. The van der Waals surface area contributed by atoms with E-state index in [1.165, 1.54) is 17.4 Å². The molecule has 1 aromatic carbocycles. The van der Waals surface area contributed by atoms with Crippen LogP contribution in [0.4, 0.5) is 9.18 Å². The third-order valence-electron chi connectivity index (χ3n) is 5.48. The van der Waals surface area contributed by atoms with E-state index < -0.39 is 33.8 Å². The molecule has 0 unspecified atom stereocenters. The van der Waals surface area contributed by atoms with Crippen molar-refractivity contribution in [3.8, 4) is 11.6 Å². The normalized spacial score (nSPS) is 19.3. The molecule has 34 heavy (non-hydrogen) atoms. The minimum atomic E-state index is -3.29. The number of hydrogen-bond donors (Lipinski definition) is 0. The van der Waals surface area contributed by atoms with Gasteiger partial charge < -0.3 is 18.9 Å². The minimum absolute atomic E-state index is 0.0874. The maximum Gasteiger partial charge on any atom is 0.410 e. The Morgan fingerprint density at radius 2 is 1.94 bits per heavy atom. The lowest BCUT2D eigenvalue weighted by molar-refractivity contribution is -0.0106. The predicted octanol–water partition coefficient (Wildman–Crippen LogP) is 4.16. The second kappa shape index (κ2) is 8.90. The Kier molecular flexibility index (Phi) is 6.28. The summed E-state index contributed by atoms with van der Waals surface area (Å²) in [6.07, 6.45) is 2.29. The zero-order valence-electron chi connectivity index (χ0n) is 19.6. The third kappa shape index (κ3) is 5.32. The van der Waals surface area contributed by atoms with E-state index in [0.717, 1.165) is 10.9 Å². The Bertz CT molecular complexity index is 1300. The second-order valence-corrected chi connectivity index (χ2v) is 11.4. The highest BCUT2D eigenvalue weighted by molar-refractivity contribution is 7.90. The molecule has 3 aromatic rings. The van der Waals surface area contributed by atoms with Crippen molar-refractivity contribution in [1.82, 2.24) is 14.5 Å². The van der Waals surface area contributed by atoms with Gasteiger partial charge in [0.2, 0.25) is 0 Å². The van der Waals surface area contributed by atoms with Crippen molar-refractivity contribution in [3.63, 3.8) is 0 Å². The quantitative estimate of drug-likeness (QED) is 0.547. The van der Waals surface area contributed by atoms with Gasteiger partial charge in [0.15, 0.2) is 16.0 Å². The van der Waals surface area contributed by atoms with E-state index in [1.807, 2.05) is 16.8 Å². The van der Waals surface area contributed by atoms with Crippen molar-refractivity contribution in [2.75, 3.05) is 19.3 Å². The molecule has 2 aromatic heterocycles. The Hall–Kier alpha value is -3.14. The molecule has 1 fully saturated rings. The number of likely N-dealkylation sites (tertiary alicyclic amines) is 1. The number of carbonyl (C=O) groups is 1. The second-order valence-electron chi connectivity index (χ2n) is 9.42. The molecular formula is C24H28FN3O5S. The first-order chi connectivity index (χ1) is 15.9. The number of fused-ring (bicyclic) bond motifs is 1. The molecule has 1 saturated heterocycles. The number of rotatable bonds is 4. The lowest BCUT2D eigenvalue weighted by atomic mass is 10.1. The van der Waals surface area contributed by atoms with Crippen molar-refractivity contribution in [2.24, 2.45) is 0 Å². The Labute approximate surface area is 198 Å². The fraction of sp³-hybridized carbons (Fsp3) is 0.417. The van der Waals surface area contributed by atoms with Crippen LogP contribution < -0.4 is 4.74 Å². The molecule has 10 heteroatoms. The van der Waals surface area contributed by atoms with Crippen LogP contribution in [-0.4, -0.2) is 66.2 Å². The van der Waals surface area contributed by atoms with Gasteiger partial charge in [0.1, 0.15) is 23.3 Å². The lowest BCUT2D eigenvalue weighted by Gasteiger charge is -2.35. The van der Waals surface area contributed by atoms with E-state index in [4.69, 9.17) is 9.47 Å². The highest BCUT2D eigenvalue weighted by Crippen LogP contribution is 2.26. The molecule has 0 bridgehead atoms. The van der Waals surface area contributed by atoms with Gasteiger partial charge >= 0.3 is 6.09 Å². The number of benzene rings is 1. The largest absolute Gasteiger partial charge is 0.486 e. The van der Waals surface area contributed by atoms with Crippen LogP contribution in [0.25, 0.3) is 16.7 Å². The topological polar surface area (TPSA) is 90.7 Å². The highest BCUT2D eigenvalue weighted by atomic mass is 32.2. The number of amides is 1. The van der Waals surface area contributed by atoms with Gasteiger partial charge in [-0.3, -0.25) is 0 Å². The van der Waals surface area contributed by atoms with Crippen LogP contribution in [0.15, 0.2) is 53.7 Å². The molecule has 0 saturated carbocycles. The number of sulfone groups is 1. The monoisotopic (exact) mass is 489 g/mol. The smallest absolute Gasteiger partial charge is 0.410 e. The Morgan fingerprint density at radius 3 is 2.56 bits per heavy atom. The summed E-state index contributed by atoms with van der Waals surface area (Å²) in [4.78, 5) is 18.2. The lowest BCUT2D eigenvalue weighted by Crippen LogP contribution is -2.50. The summed E-state index contributed by atoms with van der Waals surface area (Å²) in [6.45, 7) is 5.57. The summed E-state index contributed by atoms with van der Waals surface area (Å²) in [5, 5.41) is 0.780. The van der Waals surface area contributed by atoms with Crippen LogP contribution in [0.1, 0.15) is 27.2 Å². The molecular weight excluding hydrogens is 461 g/mol. The standard InChI is InChI=1S/C24H28FN3O5S/c1-24(2,3)33-23(29)27-11-10-21(19(25)15-27)32-17-5-8-22(26-14-17)28-12-9-16-13-18(34(4,30)31)6-7-20(16)28/h5-9,12-14,19,21H,10-11,15H2,1-4H3/t19-,21-/m0/s1. The average molecular weight is 490 g/mol. The first kappa shape index (κ1) is 24.0. The zero-order valence-corrected chi connectivity index (χ0v) is 20.4. The van der Waals surface area contributed by atoms with Crippen molar-refractivity contribution < 1.29 is 27.1 Å². The van der Waals surface area contributed by atoms with E-state index in [-0.39, 0.29) is 11.4 Å². The minimum Gasteiger partial charge on any atom is -0.486 e. The van der Waals surface area contributed by atoms with Gasteiger partial charge in [-0.1, -0.05) is 0 Å². The molecule has 0 radical (unpaired) electrons. The summed E-state index contributed by atoms with van der Waals surface area (Å²) in [5.74, 6) is 1.05. The van der Waals surface area contributed by atoms with Gasteiger partial charge in [0.25, 0.3) is 0 Å². The van der Waals surface area contributed by atoms with Crippen molar-refractivity contribution in [1.29, 1.82) is 0 Å². The number of hydrogen-bond acceptors (Lipinski definition) is 6. The molecule has 1 aliphatic heterocycles. The molecule has 3 heterocycles. The molecule has 0 N–H and O–H groups in total. The van der Waals surface area contributed by atoms with Crippen LogP contribution in [0.2, 0.25) is 0 Å². The first-order valence-electron chi connectivity index (χ1n) is 11.0. The van der Waals surface area contributed by atoms with Crippen LogP contribution >= 0.6 is 0 Å². The summed E-state index contributed by atoms with van der Waals surface area (Å²) in [7, 11) is -3.29. The van der Waals surface area contributed by atoms with Crippen LogP contribution in [-0.2, 0) is 14.6 Å². The predicted molar refractivity (Wildman–Crippen MR) is 126 cm³/mol. The van der Waals surface area contributed by atoms with Gasteiger partial charge in [-0.2, -0.15) is 0 Å². The van der Waals surface area contributed by atoms with Crippen molar-refractivity contribution in [3.05, 3.63) is 48.8 Å². The zero-order chi connectivity index (χ0) is 24.7. The van der Waals surface area contributed by atoms with Gasteiger partial charge in [-0.05, 0) is 57.2 Å². The SMILES string of the molecule is CC(C)(C)OC(=O)N1CC[C@H](Oc2ccc(-n3ccc4cc(S(C)(=O)=O)ccc43)nc2)[C@@H](F)C1. The van der Waals surface area contributed by atoms with Crippen LogP contribution in [0, 0.1) is 0 Å². The van der Waals surface area contributed by atoms with Gasteiger partial charge in [-0.25, -0.2) is 22.6 Å². The Morgan fingerprint density at radius 1 is 1.18 bits per heavy atom. The summed E-state index contributed by atoms with van der Waals surface area (Å²) in [6, 6.07) is 10.2. The average Bonchev–Trinajstić information content (AvgIpc) is 3.17. The number of alkyl halides is 1. The maximum absolute atomic E-state index is 14.7. The Balaban J connectivity index is 1.42. The molecule has 1 aliphatic rings. The summed E-state index contributed by atoms with van der Waals surface area (Å²) >= 11 is 0. The number of halogens is 1. The van der Waals surface area contributed by atoms with Gasteiger partial charge in [-0.15, -0.1) is 0 Å². The number of nitrogens with zero attached hydrogens (tertiary/aromatic N) is 3. The van der Waals surface area contributed by atoms with Crippen molar-refractivity contribution >= 4 is 26.8 Å². The van der Waals surface area contributed by atoms with Crippen LogP contribution in [0.3, 0.4) is 0 Å². The molecule has 182 valence electrons. The van der Waals surface area contributed by atoms with Gasteiger partial charge in [0.05, 0.1) is 23.2 Å². The summed E-state index contributed by atoms with van der Waals surface area (Å²) < 4.78 is 51.3. The van der Waals surface area contributed by atoms with E-state index in [0.29, 0.717) is 24.5 Å². The third-order valence-corrected chi connectivity index (χ3v) is 6.59. The van der Waals surface area contributed by atoms with Crippen LogP contribution in [0.5, 0.6) is 5.75 Å². The maximum atomic E-state index is 14.7. The highest BCUT2D eigenvalue weighted by Gasteiger charge is 2.35. The van der Waals surface area contributed by atoms with E-state index >= 15 is 0 Å². The number of ether oxygens (including phenoxy) is 2. The number of aromatic nitrogens is 2. The van der Waals surface area contributed by atoms with Crippen molar-refractivity contribution in [2.45, 2.75) is 50.0 Å².